The molecule has 4 unspecified atom stereocenters. The number of esters is 1. The molecule has 0 bridgehead atoms. The summed E-state index contributed by atoms with van der Waals surface area (Å²) >= 11 is 11.6. The number of pyridine rings is 4. The zero-order chi connectivity index (χ0) is 97.9. The molecule has 0 fully saturated rings. The van der Waals surface area contributed by atoms with Gasteiger partial charge in [0, 0.05) is 110 Å². The van der Waals surface area contributed by atoms with E-state index in [0.29, 0.717) is 104 Å². The van der Waals surface area contributed by atoms with Crippen molar-refractivity contribution in [1.29, 1.82) is 0 Å². The highest BCUT2D eigenvalue weighted by Gasteiger charge is 2.28. The molecule has 0 saturated heterocycles. The van der Waals surface area contributed by atoms with E-state index in [2.05, 4.69) is 62.8 Å². The molecule has 4 aromatic carbocycles. The largest absolute Gasteiger partial charge is 0.492 e. The maximum absolute atomic E-state index is 13.0. The number of thiophene rings is 4. The van der Waals surface area contributed by atoms with E-state index < -0.39 is 51.0 Å². The number of benzene rings is 4. The number of rotatable bonds is 42. The first-order chi connectivity index (χ1) is 66.8. The molecule has 12 aromatic heterocycles. The molecule has 16 rings (SSSR count). The fourth-order valence-electron chi connectivity index (χ4n) is 13.8. The number of phosphoric acid groups is 1. The van der Waals surface area contributed by atoms with Crippen LogP contribution in [0.1, 0.15) is 84.6 Å². The zero-order valence-electron chi connectivity index (χ0n) is 76.2. The third-order valence-corrected chi connectivity index (χ3v) is 36.2. The van der Waals surface area contributed by atoms with Crippen LogP contribution in [0.15, 0.2) is 184 Å². The van der Waals surface area contributed by atoms with Crippen molar-refractivity contribution >= 4 is 217 Å². The van der Waals surface area contributed by atoms with Crippen LogP contribution in [-0.2, 0) is 68.4 Å². The van der Waals surface area contributed by atoms with Crippen molar-refractivity contribution < 1.29 is 69.4 Å². The Morgan fingerprint density at radius 3 is 1.01 bits per heavy atom. The lowest BCUT2D eigenvalue weighted by molar-refractivity contribution is -0.145. The molecule has 44 heteroatoms. The topological polar surface area (TPSA) is 487 Å². The number of carbonyl (C=O) groups is 2. The average molecular weight is 2110 g/mol. The lowest BCUT2D eigenvalue weighted by Gasteiger charge is -2.11. The van der Waals surface area contributed by atoms with E-state index in [-0.39, 0.29) is 58.1 Å². The third kappa shape index (κ3) is 27.7. The van der Waals surface area contributed by atoms with Gasteiger partial charge in [0.25, 0.3) is 0 Å². The summed E-state index contributed by atoms with van der Waals surface area (Å²) in [6.07, 6.45) is 14.4. The van der Waals surface area contributed by atoms with E-state index >= 15 is 0 Å². The van der Waals surface area contributed by atoms with Crippen molar-refractivity contribution in [2.45, 2.75) is 102 Å². The molecule has 0 aliphatic rings. The minimum atomic E-state index is -4.52. The number of anilines is 4. The van der Waals surface area contributed by atoms with Crippen LogP contribution in [0.3, 0.4) is 0 Å². The third-order valence-electron chi connectivity index (χ3n) is 20.5. The van der Waals surface area contributed by atoms with E-state index in [1.54, 1.807) is 41.8 Å². The average Bonchev–Trinajstić information content (AvgIpc) is 1.57. The van der Waals surface area contributed by atoms with Crippen LogP contribution in [0.2, 0.25) is 0 Å². The van der Waals surface area contributed by atoms with Crippen LogP contribution in [0.4, 0.5) is 27.5 Å². The monoisotopic (exact) mass is 2110 g/mol. The number of aliphatic hydroxyl groups excluding tert-OH is 1. The number of phosphoric ester groups is 1. The van der Waals surface area contributed by atoms with Gasteiger partial charge in [-0.2, -0.15) is 0 Å². The van der Waals surface area contributed by atoms with Crippen LogP contribution in [-0.4, -0.2) is 185 Å². The number of amides is 2. The Bertz CT molecular complexity index is 6890. The molecular formula is C94H105N16O15PS12. The Labute approximate surface area is 840 Å². The highest BCUT2D eigenvalue weighted by Crippen LogP contribution is 2.49. The van der Waals surface area contributed by atoms with Gasteiger partial charge in [-0.25, -0.2) is 49.2 Å². The lowest BCUT2D eigenvalue weighted by Crippen LogP contribution is -2.36. The Balaban J connectivity index is 0.000000156. The van der Waals surface area contributed by atoms with E-state index in [1.807, 2.05) is 145 Å². The Hall–Kier alpha value is -10.2. The van der Waals surface area contributed by atoms with Crippen molar-refractivity contribution in [3.63, 3.8) is 0 Å². The van der Waals surface area contributed by atoms with Crippen LogP contribution in [0.25, 0.3) is 128 Å². The maximum atomic E-state index is 13.0. The number of nitrogens with zero attached hydrogens (tertiary/aromatic N) is 9. The summed E-state index contributed by atoms with van der Waals surface area (Å²) in [6, 6.07) is 38.2. The predicted molar refractivity (Wildman–Crippen MR) is 567 cm³/mol. The zero-order valence-corrected chi connectivity index (χ0v) is 86.9. The quantitative estimate of drug-likeness (QED) is 0.00965. The fourth-order valence-corrected chi connectivity index (χ4v) is 27.7. The van der Waals surface area contributed by atoms with Gasteiger partial charge in [0.15, 0.2) is 0 Å². The SMILES string of the molecule is CCCCS(=O)c1sc2nc(-c3nccs3)cc(-c3ccc(CNC(=O)NCCO)cc3)c2c1N.CCCCS(=O)c1sc2nc(-c3nccs3)cc(-c3ccc(OCCN)cc3)c2c1N.CCCCS(=O)c1sc2nc(-c3nccs3)cc(-c3ccc(OCCOC(=O)CN(C)C)cc3)c2c1N.CCCCS(=O)c1sc2nc(-c3nccs3)cc(-c3ccc(OCCOP(=O)(O)O)cc3)c2c1N. The van der Waals surface area contributed by atoms with Crippen molar-refractivity contribution in [3.05, 3.63) is 173 Å². The molecule has 138 heavy (non-hydrogen) atoms. The molecule has 15 N–H and O–H groups in total. The maximum Gasteiger partial charge on any atom is 0.469 e. The van der Waals surface area contributed by atoms with Gasteiger partial charge in [-0.05, 0) is 151 Å². The number of likely N-dealkylation sites (N-methyl/N-ethyl adjacent to an activating group) is 1. The second kappa shape index (κ2) is 51.3. The number of unbranched alkanes of at least 4 members (excludes halogenated alkanes) is 4. The van der Waals surface area contributed by atoms with Gasteiger partial charge >= 0.3 is 19.8 Å². The van der Waals surface area contributed by atoms with Gasteiger partial charge in [-0.15, -0.1) is 90.7 Å². The number of fused-ring (bicyclic) bond motifs is 4. The van der Waals surface area contributed by atoms with Gasteiger partial charge in [0.1, 0.15) is 123 Å². The minimum Gasteiger partial charge on any atom is -0.492 e. The van der Waals surface area contributed by atoms with E-state index in [9.17, 15) is 31.0 Å². The smallest absolute Gasteiger partial charge is 0.469 e. The second-order valence-corrected chi connectivity index (χ2v) is 46.7. The van der Waals surface area contributed by atoms with Gasteiger partial charge in [-0.1, -0.05) is 114 Å². The van der Waals surface area contributed by atoms with E-state index in [0.717, 1.165) is 180 Å². The number of ether oxygens (including phenoxy) is 4. The summed E-state index contributed by atoms with van der Waals surface area (Å²) in [4.78, 5) is 82.5. The Morgan fingerprint density at radius 1 is 0.435 bits per heavy atom. The molecule has 0 radical (unpaired) electrons. The van der Waals surface area contributed by atoms with Crippen LogP contribution < -0.4 is 53.5 Å². The summed E-state index contributed by atoms with van der Waals surface area (Å²) in [7, 11) is -5.57. The normalized spacial score (nSPS) is 12.3. The molecule has 728 valence electrons. The van der Waals surface area contributed by atoms with Crippen LogP contribution in [0, 0.1) is 0 Å². The van der Waals surface area contributed by atoms with Gasteiger partial charge in [-0.3, -0.25) is 31.1 Å². The number of hydrogen-bond donors (Lipinski definition) is 10. The van der Waals surface area contributed by atoms with Crippen LogP contribution in [0.5, 0.6) is 17.2 Å². The lowest BCUT2D eigenvalue weighted by atomic mass is 10.0. The van der Waals surface area contributed by atoms with E-state index in [1.165, 1.54) is 90.7 Å². The van der Waals surface area contributed by atoms with Gasteiger partial charge in [0.2, 0.25) is 0 Å². The minimum absolute atomic E-state index is 0.0113. The highest BCUT2D eigenvalue weighted by atomic mass is 32.2. The number of nitrogens with one attached hydrogen (secondary N) is 2. The van der Waals surface area contributed by atoms with Crippen molar-refractivity contribution in [3.8, 4) is 105 Å². The van der Waals surface area contributed by atoms with Crippen molar-refractivity contribution in [2.75, 3.05) is 119 Å². The van der Waals surface area contributed by atoms with Crippen molar-refractivity contribution in [2.24, 2.45) is 5.73 Å². The number of nitrogen functional groups attached to an aromatic ring is 4. The molecule has 0 saturated carbocycles. The summed E-state index contributed by atoms with van der Waals surface area (Å²) in [5.74, 6) is 3.99. The molecule has 4 atom stereocenters. The van der Waals surface area contributed by atoms with Crippen LogP contribution >= 0.6 is 98.5 Å². The number of aromatic nitrogens is 8. The molecule has 16 aromatic rings. The molecule has 12 heterocycles. The highest BCUT2D eigenvalue weighted by molar-refractivity contribution is 7.88. The molecule has 0 aliphatic carbocycles. The molecule has 0 aliphatic heterocycles. The predicted octanol–water partition coefficient (Wildman–Crippen LogP) is 19.4. The van der Waals surface area contributed by atoms with Gasteiger partial charge in [0.05, 0.1) is 85.7 Å². The Morgan fingerprint density at radius 2 is 0.739 bits per heavy atom. The molecule has 0 spiro atoms. The Kier molecular flexibility index (Phi) is 39.0. The second-order valence-electron chi connectivity index (χ2n) is 30.8. The van der Waals surface area contributed by atoms with Crippen molar-refractivity contribution in [1.82, 2.24) is 55.4 Å². The number of urea groups is 1. The summed E-state index contributed by atoms with van der Waals surface area (Å²) in [6.45, 7) is 10.1. The molecular weight excluding hydrogens is 2010 g/mol. The summed E-state index contributed by atoms with van der Waals surface area (Å²) < 4.78 is 91.6. The first kappa shape index (κ1) is 105. The summed E-state index contributed by atoms with van der Waals surface area (Å²) in [5.41, 5.74) is 45.1. The van der Waals surface area contributed by atoms with E-state index in [4.69, 9.17) is 82.4 Å². The molecule has 31 nitrogen and oxygen atoms in total. The number of nitrogens with two attached hydrogens (primary N) is 5. The summed E-state index contributed by atoms with van der Waals surface area (Å²) in [5, 5.41) is 28.2. The number of thiazole rings is 4. The standard InChI is InChI=1S/C26H30N4O4S3.C24H27N5O3S3.C22H24N4O2S3.C22H24N3O6PS3/c1-4-5-14-37(32)26-23(27)22-19(15-20(29-25(22)36-26)24-28-10-13-35-24)17-6-8-18(9-7-17)33-11-12-34-21(31)16-30(2)3;1-2-3-12-35(32)23-20(25)19-17(13-18(29-22(19)34-23)21-26-9-11-33-21)16-6-4-15(5-7-16)14-28-24(31)27-8-10-30;1-2-3-12-31(27)22-19(24)18-16(14-4-6-15(7-5-14)28-10-8-23)13-17(26-21(18)30-22)20-25-9-11-29-20;1-2-3-12-35(29)22-19(23)18-16(13-17(25-21(18)34-22)20-24-8-11-33-20)14-4-6-15(7-5-14)30-9-10-31-32(26,27)28/h6-10,13,15H,4-5,11-12,14,16,27H2,1-3H3;4-7,9,11,13,30H,2-3,8,10,12,14,25H2,1H3,(H2,27,28,31);4-7,9,11,13H,2-3,8,10,12,23-24H2,1H3;4-8,11,13H,2-3,9-10,12,23H2,1H3,(H2,26,27,28). The molecule has 2 amide bonds. The first-order valence-electron chi connectivity index (χ1n) is 43.9. The first-order valence-corrected chi connectivity index (χ1v) is 57.5. The number of aliphatic hydroxyl groups is 1. The number of hydrogen-bond acceptors (Lipinski definition) is 35. The number of carbonyl (C=O) groups excluding carboxylic acids is 2. The fraction of sp³-hybridized carbons (Fsp3) is 0.298. The van der Waals surface area contributed by atoms with Gasteiger partial charge < -0.3 is 73.1 Å².